The van der Waals surface area contributed by atoms with Gasteiger partial charge in [-0.2, -0.15) is 4.98 Å². The maximum absolute atomic E-state index is 10.7. The number of amides is 1. The van der Waals surface area contributed by atoms with Gasteiger partial charge in [0, 0.05) is 20.1 Å². The molecule has 10 heteroatoms. The van der Waals surface area contributed by atoms with Gasteiger partial charge in [-0.05, 0) is 11.6 Å². The Labute approximate surface area is 137 Å². The highest BCUT2D eigenvalue weighted by Gasteiger charge is 2.22. The van der Waals surface area contributed by atoms with Crippen LogP contribution in [0.2, 0.25) is 10.4 Å². The molecule has 0 saturated carbocycles. The molecule has 0 spiro atoms. The molecule has 0 aliphatic carbocycles. The number of carbonyl (C=O) groups is 1. The van der Waals surface area contributed by atoms with Crippen LogP contribution in [0.1, 0.15) is 0 Å². The molecule has 1 aromatic heterocycles. The van der Waals surface area contributed by atoms with E-state index in [0.29, 0.717) is 37.9 Å². The Bertz CT molecular complexity index is 540. The SMILES string of the molecule is CN(CCOc1c(Cl)nc(Cl)nc1N1CCOCC1)C(=O)O. The lowest BCUT2D eigenvalue weighted by Gasteiger charge is -2.29. The smallest absolute Gasteiger partial charge is 0.407 e. The van der Waals surface area contributed by atoms with Crippen LogP contribution in [-0.2, 0) is 4.74 Å². The van der Waals surface area contributed by atoms with E-state index >= 15 is 0 Å². The highest BCUT2D eigenvalue weighted by molar-refractivity contribution is 6.33. The Morgan fingerprint density at radius 1 is 1.41 bits per heavy atom. The van der Waals surface area contributed by atoms with Crippen LogP contribution in [0.3, 0.4) is 0 Å². The molecule has 0 atom stereocenters. The fourth-order valence-corrected chi connectivity index (χ4v) is 2.31. The van der Waals surface area contributed by atoms with Crippen molar-refractivity contribution in [3.05, 3.63) is 10.4 Å². The van der Waals surface area contributed by atoms with Gasteiger partial charge in [-0.25, -0.2) is 9.78 Å². The molecule has 0 unspecified atom stereocenters. The van der Waals surface area contributed by atoms with Gasteiger partial charge in [-0.15, -0.1) is 0 Å². The van der Waals surface area contributed by atoms with Crippen molar-refractivity contribution in [3.63, 3.8) is 0 Å². The van der Waals surface area contributed by atoms with E-state index in [4.69, 9.17) is 37.8 Å². The normalized spacial score (nSPS) is 14.8. The fraction of sp³-hybridized carbons (Fsp3) is 0.583. The van der Waals surface area contributed by atoms with Crippen molar-refractivity contribution in [1.82, 2.24) is 14.9 Å². The van der Waals surface area contributed by atoms with Crippen molar-refractivity contribution in [1.29, 1.82) is 0 Å². The zero-order chi connectivity index (χ0) is 16.1. The minimum absolute atomic E-state index is 0.0292. The predicted octanol–water partition coefficient (Wildman–Crippen LogP) is 1.61. The zero-order valence-electron chi connectivity index (χ0n) is 12.0. The molecule has 2 rings (SSSR count). The van der Waals surface area contributed by atoms with Crippen LogP contribution in [0.4, 0.5) is 10.6 Å². The Morgan fingerprint density at radius 3 is 2.73 bits per heavy atom. The minimum atomic E-state index is -1.03. The second-order valence-electron chi connectivity index (χ2n) is 4.59. The van der Waals surface area contributed by atoms with Crippen LogP contribution in [-0.4, -0.2) is 72.6 Å². The van der Waals surface area contributed by atoms with Crippen molar-refractivity contribution < 1.29 is 19.4 Å². The Kier molecular flexibility index (Phi) is 5.87. The molecule has 1 N–H and O–H groups in total. The van der Waals surface area contributed by atoms with Gasteiger partial charge in [-0.1, -0.05) is 11.6 Å². The first kappa shape index (κ1) is 16.9. The largest absolute Gasteiger partial charge is 0.485 e. The van der Waals surface area contributed by atoms with Crippen molar-refractivity contribution in [3.8, 4) is 5.75 Å². The number of likely N-dealkylation sites (N-methyl/N-ethyl adjacent to an activating group) is 1. The van der Waals surface area contributed by atoms with E-state index in [0.717, 1.165) is 4.90 Å². The molecule has 1 aliphatic rings. The standard InChI is InChI=1S/C12H16Cl2N4O4/c1-17(12(19)20)2-7-22-8-9(13)15-11(14)16-10(8)18-3-5-21-6-4-18/h2-7H2,1H3,(H,19,20). The number of carboxylic acid groups (broad SMARTS) is 1. The van der Waals surface area contributed by atoms with E-state index in [9.17, 15) is 4.79 Å². The van der Waals surface area contributed by atoms with Gasteiger partial charge >= 0.3 is 6.09 Å². The van der Waals surface area contributed by atoms with Crippen LogP contribution >= 0.6 is 23.2 Å². The van der Waals surface area contributed by atoms with E-state index in [1.54, 1.807) is 0 Å². The molecule has 1 aliphatic heterocycles. The zero-order valence-corrected chi connectivity index (χ0v) is 13.5. The average Bonchev–Trinajstić information content (AvgIpc) is 2.49. The van der Waals surface area contributed by atoms with Gasteiger partial charge in [0.2, 0.25) is 5.28 Å². The highest BCUT2D eigenvalue weighted by Crippen LogP contribution is 2.34. The number of nitrogens with zero attached hydrogens (tertiary/aromatic N) is 4. The number of aromatic nitrogens is 2. The lowest BCUT2D eigenvalue weighted by molar-refractivity contribution is 0.121. The van der Waals surface area contributed by atoms with Crippen LogP contribution in [0.25, 0.3) is 0 Å². The first-order chi connectivity index (χ1) is 10.5. The third-order valence-corrected chi connectivity index (χ3v) is 3.51. The second kappa shape index (κ2) is 7.66. The first-order valence-electron chi connectivity index (χ1n) is 6.61. The van der Waals surface area contributed by atoms with Crippen molar-refractivity contribution >= 4 is 35.1 Å². The maximum atomic E-state index is 10.7. The molecule has 8 nitrogen and oxygen atoms in total. The number of anilines is 1. The van der Waals surface area contributed by atoms with Gasteiger partial charge in [0.15, 0.2) is 16.7 Å². The number of rotatable bonds is 5. The van der Waals surface area contributed by atoms with Crippen LogP contribution < -0.4 is 9.64 Å². The summed E-state index contributed by atoms with van der Waals surface area (Å²) in [7, 11) is 1.45. The summed E-state index contributed by atoms with van der Waals surface area (Å²) in [6.07, 6.45) is -1.03. The molecule has 1 fully saturated rings. The lowest BCUT2D eigenvalue weighted by atomic mass is 10.4. The highest BCUT2D eigenvalue weighted by atomic mass is 35.5. The van der Waals surface area contributed by atoms with E-state index in [2.05, 4.69) is 9.97 Å². The molecule has 1 amide bonds. The number of ether oxygens (including phenoxy) is 2. The van der Waals surface area contributed by atoms with Gasteiger partial charge in [0.05, 0.1) is 19.8 Å². The number of hydrogen-bond donors (Lipinski definition) is 1. The third-order valence-electron chi connectivity index (χ3n) is 3.09. The number of hydrogen-bond acceptors (Lipinski definition) is 6. The van der Waals surface area contributed by atoms with Crippen molar-refractivity contribution in [2.45, 2.75) is 0 Å². The van der Waals surface area contributed by atoms with E-state index in [1.807, 2.05) is 4.90 Å². The monoisotopic (exact) mass is 350 g/mol. The van der Waals surface area contributed by atoms with Gasteiger partial charge in [-0.3, -0.25) is 0 Å². The molecule has 1 saturated heterocycles. The minimum Gasteiger partial charge on any atom is -0.485 e. The molecule has 0 bridgehead atoms. The summed E-state index contributed by atoms with van der Waals surface area (Å²) in [6, 6.07) is 0. The summed E-state index contributed by atoms with van der Waals surface area (Å²) in [5.74, 6) is 0.790. The quantitative estimate of drug-likeness (QED) is 0.637. The second-order valence-corrected chi connectivity index (χ2v) is 5.28. The molecule has 22 heavy (non-hydrogen) atoms. The van der Waals surface area contributed by atoms with Crippen molar-refractivity contribution in [2.24, 2.45) is 0 Å². The lowest BCUT2D eigenvalue weighted by Crippen LogP contribution is -2.37. The van der Waals surface area contributed by atoms with Crippen LogP contribution in [0.15, 0.2) is 0 Å². The summed E-state index contributed by atoms with van der Waals surface area (Å²) in [5.41, 5.74) is 0. The first-order valence-corrected chi connectivity index (χ1v) is 7.37. The molecule has 0 aromatic carbocycles. The predicted molar refractivity (Wildman–Crippen MR) is 81.2 cm³/mol. The average molecular weight is 351 g/mol. The maximum Gasteiger partial charge on any atom is 0.407 e. The molecular weight excluding hydrogens is 335 g/mol. The topological polar surface area (TPSA) is 88.0 Å². The van der Waals surface area contributed by atoms with E-state index in [-0.39, 0.29) is 23.6 Å². The van der Waals surface area contributed by atoms with Gasteiger partial charge < -0.3 is 24.4 Å². The summed E-state index contributed by atoms with van der Waals surface area (Å²) < 4.78 is 10.9. The molecule has 1 aromatic rings. The summed E-state index contributed by atoms with van der Waals surface area (Å²) in [4.78, 5) is 21.8. The summed E-state index contributed by atoms with van der Waals surface area (Å²) >= 11 is 11.9. The number of morpholine rings is 1. The molecule has 0 radical (unpaired) electrons. The molecule has 122 valence electrons. The molecular formula is C12H16Cl2N4O4. The number of halogens is 2. The molecule has 2 heterocycles. The van der Waals surface area contributed by atoms with Crippen LogP contribution in [0, 0.1) is 0 Å². The van der Waals surface area contributed by atoms with Gasteiger partial charge in [0.25, 0.3) is 0 Å². The Balaban J connectivity index is 2.12. The van der Waals surface area contributed by atoms with Crippen LogP contribution in [0.5, 0.6) is 5.75 Å². The van der Waals surface area contributed by atoms with Crippen molar-refractivity contribution in [2.75, 3.05) is 51.4 Å². The Hall–Kier alpha value is -1.51. The fourth-order valence-electron chi connectivity index (χ4n) is 1.88. The Morgan fingerprint density at radius 2 is 2.09 bits per heavy atom. The summed E-state index contributed by atoms with van der Waals surface area (Å²) in [5, 5.41) is 8.93. The third kappa shape index (κ3) is 4.25. The summed E-state index contributed by atoms with van der Waals surface area (Å²) in [6.45, 7) is 2.73. The van der Waals surface area contributed by atoms with Gasteiger partial charge in [0.1, 0.15) is 6.61 Å². The van der Waals surface area contributed by atoms with E-state index < -0.39 is 6.09 Å². The van der Waals surface area contributed by atoms with E-state index in [1.165, 1.54) is 7.05 Å².